The highest BCUT2D eigenvalue weighted by atomic mass is 35.5. The van der Waals surface area contributed by atoms with Crippen molar-refractivity contribution in [2.24, 2.45) is 0 Å². The van der Waals surface area contributed by atoms with Crippen LogP contribution in [0, 0.1) is 0 Å². The molecule has 1 N–H and O–H groups in total. The Bertz CT molecular complexity index is 828. The first-order valence-electron chi connectivity index (χ1n) is 10.0. The van der Waals surface area contributed by atoms with Crippen molar-refractivity contribution >= 4 is 46.8 Å². The van der Waals surface area contributed by atoms with Crippen LogP contribution in [-0.4, -0.2) is 34.6 Å². The van der Waals surface area contributed by atoms with Crippen LogP contribution >= 0.6 is 35.0 Å². The Morgan fingerprint density at radius 1 is 1.00 bits per heavy atom. The number of nitrogens with zero attached hydrogens (tertiary/aromatic N) is 1. The molecule has 2 aromatic carbocycles. The third kappa shape index (κ3) is 7.86. The molecule has 2 atom stereocenters. The lowest BCUT2D eigenvalue weighted by Gasteiger charge is -2.29. The van der Waals surface area contributed by atoms with Gasteiger partial charge in [0.25, 0.3) is 0 Å². The van der Waals surface area contributed by atoms with Gasteiger partial charge in [-0.3, -0.25) is 9.59 Å². The second kappa shape index (κ2) is 12.2. The second-order valence-corrected chi connectivity index (χ2v) is 9.24. The Hall–Kier alpha value is -1.69. The molecule has 0 aliphatic rings. The SMILES string of the molecule is CC[C@@H](C)NC(=O)[C@@H](C)N(Cc1ccc(Cl)cc1)C(=O)CCSc1ccc(Cl)cc1. The fourth-order valence-electron chi connectivity index (χ4n) is 2.77. The van der Waals surface area contributed by atoms with Gasteiger partial charge in [-0.05, 0) is 62.2 Å². The first-order chi connectivity index (χ1) is 14.3. The van der Waals surface area contributed by atoms with Crippen molar-refractivity contribution in [1.82, 2.24) is 10.2 Å². The van der Waals surface area contributed by atoms with Gasteiger partial charge in [0.1, 0.15) is 6.04 Å². The van der Waals surface area contributed by atoms with Crippen molar-refractivity contribution in [2.45, 2.75) is 57.1 Å². The predicted octanol–water partition coefficient (Wildman–Crippen LogP) is 5.81. The average Bonchev–Trinajstić information content (AvgIpc) is 2.74. The molecular formula is C23H28Cl2N2O2S. The Balaban J connectivity index is 2.06. The van der Waals surface area contributed by atoms with E-state index in [1.165, 1.54) is 0 Å². The smallest absolute Gasteiger partial charge is 0.242 e. The zero-order chi connectivity index (χ0) is 22.1. The molecule has 0 aliphatic carbocycles. The summed E-state index contributed by atoms with van der Waals surface area (Å²) in [5, 5.41) is 4.30. The normalized spacial score (nSPS) is 12.8. The highest BCUT2D eigenvalue weighted by molar-refractivity contribution is 7.99. The van der Waals surface area contributed by atoms with Gasteiger partial charge in [0.15, 0.2) is 0 Å². The molecule has 30 heavy (non-hydrogen) atoms. The van der Waals surface area contributed by atoms with Crippen molar-refractivity contribution in [1.29, 1.82) is 0 Å². The fourth-order valence-corrected chi connectivity index (χ4v) is 3.86. The van der Waals surface area contributed by atoms with Crippen LogP contribution in [0.4, 0.5) is 0 Å². The van der Waals surface area contributed by atoms with E-state index in [-0.39, 0.29) is 17.9 Å². The molecule has 0 unspecified atom stereocenters. The van der Waals surface area contributed by atoms with Crippen LogP contribution in [0.2, 0.25) is 10.0 Å². The number of carbonyl (C=O) groups is 2. The standard InChI is InChI=1S/C23H28Cl2N2O2S/c1-4-16(2)26-23(29)17(3)27(15-18-5-7-19(24)8-6-18)22(28)13-14-30-21-11-9-20(25)10-12-21/h5-12,16-17H,4,13-15H2,1-3H3,(H,26,29)/t16-,17-/m1/s1. The quantitative estimate of drug-likeness (QED) is 0.449. The summed E-state index contributed by atoms with van der Waals surface area (Å²) in [6, 6.07) is 14.4. The third-order valence-corrected chi connectivity index (χ3v) is 6.35. The largest absolute Gasteiger partial charge is 0.352 e. The van der Waals surface area contributed by atoms with Crippen LogP contribution in [0.5, 0.6) is 0 Å². The molecule has 162 valence electrons. The van der Waals surface area contributed by atoms with Crippen LogP contribution in [0.3, 0.4) is 0 Å². The summed E-state index contributed by atoms with van der Waals surface area (Å²) in [5.74, 6) is 0.423. The van der Waals surface area contributed by atoms with Gasteiger partial charge in [-0.15, -0.1) is 11.8 Å². The number of thioether (sulfide) groups is 1. The maximum atomic E-state index is 13.0. The highest BCUT2D eigenvalue weighted by Crippen LogP contribution is 2.22. The van der Waals surface area contributed by atoms with Crippen molar-refractivity contribution in [2.75, 3.05) is 5.75 Å². The lowest BCUT2D eigenvalue weighted by molar-refractivity contribution is -0.140. The van der Waals surface area contributed by atoms with Crippen molar-refractivity contribution in [3.8, 4) is 0 Å². The lowest BCUT2D eigenvalue weighted by Crippen LogP contribution is -2.49. The first-order valence-corrected chi connectivity index (χ1v) is 11.8. The highest BCUT2D eigenvalue weighted by Gasteiger charge is 2.26. The summed E-state index contributed by atoms with van der Waals surface area (Å²) < 4.78 is 0. The molecule has 7 heteroatoms. The first kappa shape index (κ1) is 24.6. The summed E-state index contributed by atoms with van der Waals surface area (Å²) in [6.45, 7) is 6.10. The number of hydrogen-bond acceptors (Lipinski definition) is 3. The number of benzene rings is 2. The van der Waals surface area contributed by atoms with Gasteiger partial charge in [-0.1, -0.05) is 42.3 Å². The minimum atomic E-state index is -0.567. The maximum Gasteiger partial charge on any atom is 0.242 e. The van der Waals surface area contributed by atoms with Gasteiger partial charge in [-0.25, -0.2) is 0 Å². The zero-order valence-electron chi connectivity index (χ0n) is 17.5. The average molecular weight is 467 g/mol. The molecule has 4 nitrogen and oxygen atoms in total. The van der Waals surface area contributed by atoms with Crippen LogP contribution in [0.1, 0.15) is 39.2 Å². The van der Waals surface area contributed by atoms with Crippen LogP contribution < -0.4 is 5.32 Å². The number of hydrogen-bond donors (Lipinski definition) is 1. The minimum absolute atomic E-state index is 0.0572. The molecular weight excluding hydrogens is 439 g/mol. The maximum absolute atomic E-state index is 13.0. The summed E-state index contributed by atoms with van der Waals surface area (Å²) in [5.41, 5.74) is 0.932. The van der Waals surface area contributed by atoms with Crippen LogP contribution in [0.15, 0.2) is 53.4 Å². The molecule has 0 radical (unpaired) electrons. The molecule has 0 heterocycles. The van der Waals surface area contributed by atoms with E-state index in [1.54, 1.807) is 35.7 Å². The summed E-state index contributed by atoms with van der Waals surface area (Å²) in [7, 11) is 0. The Morgan fingerprint density at radius 2 is 1.57 bits per heavy atom. The molecule has 0 spiro atoms. The Kier molecular flexibility index (Phi) is 10.0. The molecule has 0 bridgehead atoms. The van der Waals surface area contributed by atoms with Gasteiger partial charge in [0, 0.05) is 39.7 Å². The minimum Gasteiger partial charge on any atom is -0.352 e. The molecule has 2 aromatic rings. The van der Waals surface area contributed by atoms with Crippen molar-refractivity contribution in [3.05, 3.63) is 64.1 Å². The van der Waals surface area contributed by atoms with Crippen molar-refractivity contribution < 1.29 is 9.59 Å². The van der Waals surface area contributed by atoms with Gasteiger partial charge in [0.05, 0.1) is 0 Å². The fraction of sp³-hybridized carbons (Fsp3) is 0.391. The van der Waals surface area contributed by atoms with Gasteiger partial charge in [-0.2, -0.15) is 0 Å². The third-order valence-electron chi connectivity index (χ3n) is 4.83. The topological polar surface area (TPSA) is 49.4 Å². The Morgan fingerprint density at radius 3 is 2.13 bits per heavy atom. The van der Waals surface area contributed by atoms with Crippen LogP contribution in [0.25, 0.3) is 0 Å². The van der Waals surface area contributed by atoms with Gasteiger partial charge >= 0.3 is 0 Å². The van der Waals surface area contributed by atoms with Crippen molar-refractivity contribution in [3.63, 3.8) is 0 Å². The molecule has 0 saturated carbocycles. The van der Waals surface area contributed by atoms with Gasteiger partial charge < -0.3 is 10.2 Å². The van der Waals surface area contributed by atoms with E-state index in [0.717, 1.165) is 16.9 Å². The van der Waals surface area contributed by atoms with E-state index in [1.807, 2.05) is 50.2 Å². The van der Waals surface area contributed by atoms with E-state index in [0.29, 0.717) is 28.8 Å². The molecule has 0 aliphatic heterocycles. The molecule has 2 amide bonds. The van der Waals surface area contributed by atoms with E-state index in [4.69, 9.17) is 23.2 Å². The van der Waals surface area contributed by atoms with E-state index < -0.39 is 6.04 Å². The number of carbonyl (C=O) groups excluding carboxylic acids is 2. The molecule has 0 fully saturated rings. The Labute approximate surface area is 193 Å². The molecule has 2 rings (SSSR count). The number of amides is 2. The molecule has 0 saturated heterocycles. The van der Waals surface area contributed by atoms with E-state index in [9.17, 15) is 9.59 Å². The van der Waals surface area contributed by atoms with Gasteiger partial charge in [0.2, 0.25) is 11.8 Å². The second-order valence-electron chi connectivity index (χ2n) is 7.19. The number of nitrogens with one attached hydrogen (secondary N) is 1. The lowest BCUT2D eigenvalue weighted by atomic mass is 10.1. The summed E-state index contributed by atoms with van der Waals surface area (Å²) >= 11 is 13.5. The van der Waals surface area contributed by atoms with E-state index in [2.05, 4.69) is 5.32 Å². The van der Waals surface area contributed by atoms with E-state index >= 15 is 0 Å². The van der Waals surface area contributed by atoms with Crippen LogP contribution in [-0.2, 0) is 16.1 Å². The number of rotatable bonds is 10. The summed E-state index contributed by atoms with van der Waals surface area (Å²) in [4.78, 5) is 28.4. The summed E-state index contributed by atoms with van der Waals surface area (Å²) in [6.07, 6.45) is 1.17. The zero-order valence-corrected chi connectivity index (χ0v) is 19.9. The predicted molar refractivity (Wildman–Crippen MR) is 126 cm³/mol. The monoisotopic (exact) mass is 466 g/mol. The molecule has 0 aromatic heterocycles. The number of halogens is 2.